The standard InChI is InChI=1S/C25H17FN2O5.2C23H16F2N2O4.C21H15FN2O4S/c26-17-8-15(24-16(9-17)12-31-13-32-24)11-28-19-6-3-5-18(22(19)23(27-30)25(28)29)21-10-14-4-1-2-7-20(14)33-21;24-16-4-1-3-13(7-16)18-5-2-6-19-20(18)21(26-29)23(28)27(19)10-14-8-17(25)9-15-11-30-12-31-22(14)15;24-16-6-4-13(5-7-16)18-2-1-3-19-20(18)21(26-29)23(28)27(19)10-14-8-17(25)9-15-11-30-12-31-22(14)15;22-15-6-13(20-14(7-15)9-27-11-28-20)8-24-17-3-1-2-16(12-4-5-29-10-12)18(17)19(23-26)21(24)25/h1-10,29H,11-13H2;2*1-9,28H,10-12H2;1-7,10,25H,8-9,11H2. The average molecular weight is 1700 g/mol. The molecule has 0 saturated heterocycles. The highest BCUT2D eigenvalue weighted by Crippen LogP contribution is 2.51. The molecule has 0 amide bonds. The maximum Gasteiger partial charge on any atom is 0.222 e. The maximum absolute atomic E-state index is 14.3. The second kappa shape index (κ2) is 33.9. The molecule has 17 aromatic rings. The highest BCUT2D eigenvalue weighted by Gasteiger charge is 2.31. The molecule has 11 aromatic carbocycles. The summed E-state index contributed by atoms with van der Waals surface area (Å²) in [6.45, 7) is 1.39. The van der Waals surface area contributed by atoms with Gasteiger partial charge in [-0.1, -0.05) is 91.0 Å². The summed E-state index contributed by atoms with van der Waals surface area (Å²) in [6.07, 6.45) is 0. The number of aromatic nitrogens is 4. The van der Waals surface area contributed by atoms with Gasteiger partial charge in [-0.15, -0.1) is 19.6 Å². The molecular formula is C92H64F6N8O17S. The van der Waals surface area contributed by atoms with Gasteiger partial charge >= 0.3 is 0 Å². The number of furan rings is 1. The Labute approximate surface area is 700 Å². The Bertz CT molecular complexity index is 7080. The first-order valence-electron chi connectivity index (χ1n) is 38.2. The Morgan fingerprint density at radius 3 is 1.05 bits per heavy atom. The van der Waals surface area contributed by atoms with E-state index in [2.05, 4.69) is 20.7 Å². The Kier molecular flexibility index (Phi) is 21.9. The molecule has 0 atom stereocenters. The van der Waals surface area contributed by atoms with E-state index in [9.17, 15) is 66.4 Å². The van der Waals surface area contributed by atoms with E-state index in [0.717, 1.165) is 16.5 Å². The molecule has 0 fully saturated rings. The van der Waals surface area contributed by atoms with Crippen molar-refractivity contribution in [1.29, 1.82) is 0 Å². The summed E-state index contributed by atoms with van der Waals surface area (Å²) in [5.41, 5.74) is 11.6. The van der Waals surface area contributed by atoms with Crippen LogP contribution in [0.1, 0.15) is 44.5 Å². The molecule has 0 radical (unpaired) electrons. The van der Waals surface area contributed by atoms with E-state index in [4.69, 9.17) is 42.3 Å². The second-order valence-corrected chi connectivity index (χ2v) is 29.8. The summed E-state index contributed by atoms with van der Waals surface area (Å²) in [5.74, 6) is -1.30. The summed E-state index contributed by atoms with van der Waals surface area (Å²) >= 11 is 1.54. The van der Waals surface area contributed by atoms with Crippen LogP contribution in [0.25, 0.3) is 99.3 Å². The lowest BCUT2D eigenvalue weighted by Crippen LogP contribution is -2.14. The maximum atomic E-state index is 14.3. The van der Waals surface area contributed by atoms with Gasteiger partial charge in [0.15, 0.2) is 49.9 Å². The van der Waals surface area contributed by atoms with Crippen molar-refractivity contribution in [2.75, 3.05) is 27.2 Å². The average Bonchev–Trinajstić information content (AvgIpc) is 1.61. The van der Waals surface area contributed by atoms with Crippen LogP contribution in [-0.2, 0) is 71.6 Å². The van der Waals surface area contributed by atoms with Gasteiger partial charge in [-0.25, -0.2) is 26.3 Å². The van der Waals surface area contributed by atoms with Crippen LogP contribution in [0.2, 0.25) is 0 Å². The van der Waals surface area contributed by atoms with E-state index < -0.39 is 29.1 Å². The molecule has 622 valence electrons. The van der Waals surface area contributed by atoms with Gasteiger partial charge in [0.25, 0.3) is 0 Å². The summed E-state index contributed by atoms with van der Waals surface area (Å²) < 4.78 is 139. The molecule has 4 aliphatic rings. The zero-order chi connectivity index (χ0) is 85.6. The van der Waals surface area contributed by atoms with Crippen LogP contribution >= 0.6 is 11.3 Å². The topological polar surface area (TPSA) is 305 Å². The van der Waals surface area contributed by atoms with Crippen molar-refractivity contribution in [2.24, 2.45) is 20.7 Å². The van der Waals surface area contributed by atoms with Gasteiger partial charge in [-0.2, -0.15) is 11.3 Å². The predicted molar refractivity (Wildman–Crippen MR) is 449 cm³/mol. The molecule has 0 saturated carbocycles. The van der Waals surface area contributed by atoms with E-state index >= 15 is 0 Å². The Morgan fingerprint density at radius 2 is 0.685 bits per heavy atom. The van der Waals surface area contributed by atoms with Crippen LogP contribution in [-0.4, -0.2) is 65.9 Å². The number of rotatable bonds is 16. The van der Waals surface area contributed by atoms with Crippen LogP contribution in [0.15, 0.2) is 242 Å². The number of benzene rings is 11. The van der Waals surface area contributed by atoms with E-state index in [1.165, 1.54) is 97.8 Å². The zero-order valence-electron chi connectivity index (χ0n) is 64.6. The van der Waals surface area contributed by atoms with Crippen LogP contribution in [0.4, 0.5) is 49.1 Å². The number of ether oxygens (including phenoxy) is 8. The van der Waals surface area contributed by atoms with Crippen LogP contribution in [0.5, 0.6) is 46.5 Å². The minimum atomic E-state index is -0.465. The van der Waals surface area contributed by atoms with Crippen molar-refractivity contribution in [3.63, 3.8) is 0 Å². The summed E-state index contributed by atoms with van der Waals surface area (Å²) in [5, 5.41) is 62.3. The van der Waals surface area contributed by atoms with E-state index in [-0.39, 0.29) is 132 Å². The highest BCUT2D eigenvalue weighted by atomic mass is 32.1. The van der Waals surface area contributed by atoms with Gasteiger partial charge in [0.05, 0.1) is 74.7 Å². The number of fused-ring (bicyclic) bond motifs is 9. The van der Waals surface area contributed by atoms with E-state index in [1.54, 1.807) is 83.4 Å². The molecule has 4 N–H and O–H groups in total. The minimum Gasteiger partial charge on any atom is -0.493 e. The summed E-state index contributed by atoms with van der Waals surface area (Å²) in [6, 6.07) is 55.3. The largest absolute Gasteiger partial charge is 0.493 e. The lowest BCUT2D eigenvalue weighted by Gasteiger charge is -2.21. The van der Waals surface area contributed by atoms with E-state index in [0.29, 0.717) is 150 Å². The highest BCUT2D eigenvalue weighted by molar-refractivity contribution is 7.08. The number of aromatic hydroxyl groups is 4. The summed E-state index contributed by atoms with van der Waals surface area (Å²) in [7, 11) is 0. The number of hydrogen-bond acceptors (Lipinski definition) is 22. The number of thiophene rings is 1. The molecule has 25 nitrogen and oxygen atoms in total. The van der Waals surface area contributed by atoms with Crippen LogP contribution in [0.3, 0.4) is 0 Å². The van der Waals surface area contributed by atoms with Crippen LogP contribution < -0.4 is 18.9 Å². The molecule has 0 unspecified atom stereocenters. The number of nitrogens with zero attached hydrogens (tertiary/aromatic N) is 8. The lowest BCUT2D eigenvalue weighted by molar-refractivity contribution is -0.0174. The van der Waals surface area contributed by atoms with E-state index in [1.807, 2.05) is 65.4 Å². The first kappa shape index (κ1) is 80.1. The fourth-order valence-corrected chi connectivity index (χ4v) is 17.0. The van der Waals surface area contributed by atoms with Gasteiger partial charge in [0, 0.05) is 77.0 Å². The van der Waals surface area contributed by atoms with Gasteiger partial charge in [-0.3, -0.25) is 0 Å². The third-order valence-corrected chi connectivity index (χ3v) is 22.3. The van der Waals surface area contributed by atoms with Crippen molar-refractivity contribution >= 4 is 88.7 Å². The van der Waals surface area contributed by atoms with Gasteiger partial charge in [0.1, 0.15) is 69.2 Å². The molecule has 10 heterocycles. The smallest absolute Gasteiger partial charge is 0.222 e. The van der Waals surface area contributed by atoms with Gasteiger partial charge < -0.3 is 81.0 Å². The zero-order valence-corrected chi connectivity index (χ0v) is 65.4. The van der Waals surface area contributed by atoms with Gasteiger partial charge in [0.2, 0.25) is 23.5 Å². The summed E-state index contributed by atoms with van der Waals surface area (Å²) in [4.78, 5) is 46.7. The molecule has 32 heteroatoms. The van der Waals surface area contributed by atoms with Crippen molar-refractivity contribution < 1.29 is 89.1 Å². The van der Waals surface area contributed by atoms with Crippen LogP contribution in [0, 0.1) is 54.5 Å². The number of nitroso groups, excluding NO2 is 4. The number of hydrogen-bond donors (Lipinski definition) is 4. The minimum absolute atomic E-state index is 0.0312. The molecule has 124 heavy (non-hydrogen) atoms. The fraction of sp³-hybridized carbons (Fsp3) is 0.130. The number of halogens is 6. The first-order valence-corrected chi connectivity index (χ1v) is 39.2. The predicted octanol–water partition coefficient (Wildman–Crippen LogP) is 22.9. The molecule has 0 aliphatic carbocycles. The monoisotopic (exact) mass is 1700 g/mol. The normalized spacial score (nSPS) is 13.2. The fourth-order valence-electron chi connectivity index (χ4n) is 16.4. The Hall–Kier alpha value is -15.0. The SMILES string of the molecule is O=Nc1c(O)n(Cc2cc(F)cc3c2OCOC3)c2cccc(-c3cc4ccccc4o3)c12.O=Nc1c(O)n(Cc2cc(F)cc3c2OCOC3)c2cccc(-c3ccc(F)cc3)c12.O=Nc1c(O)n(Cc2cc(F)cc3c2OCOC3)c2cccc(-c3cccc(F)c3)c12.O=Nc1c(O)n(Cc2cc(F)cc3c2OCOC3)c2cccc(-c3ccsc3)c12. The second-order valence-electron chi connectivity index (χ2n) is 29.0. The van der Waals surface area contributed by atoms with Gasteiger partial charge in [-0.05, 0) is 180 Å². The third-order valence-electron chi connectivity index (χ3n) is 21.6. The molecule has 6 aromatic heterocycles. The molecular weight excluding hydrogens is 1640 g/mol. The Morgan fingerprint density at radius 1 is 0.331 bits per heavy atom. The first-order chi connectivity index (χ1) is 60.4. The van der Waals surface area contributed by atoms with Crippen molar-refractivity contribution in [3.05, 3.63) is 316 Å². The third kappa shape index (κ3) is 15.0. The van der Waals surface area contributed by atoms with Crippen molar-refractivity contribution in [2.45, 2.75) is 52.6 Å². The Balaban J connectivity index is 0.000000113. The quantitative estimate of drug-likeness (QED) is 0.0516. The molecule has 21 rings (SSSR count). The molecule has 0 spiro atoms. The lowest BCUT2D eigenvalue weighted by atomic mass is 10.0. The van der Waals surface area contributed by atoms with Crippen molar-refractivity contribution in [1.82, 2.24) is 18.3 Å². The molecule has 4 aliphatic heterocycles. The van der Waals surface area contributed by atoms with Crippen molar-refractivity contribution in [3.8, 4) is 91.2 Å². The molecule has 0 bridgehead atoms. The number of para-hydroxylation sites is 1.